The fourth-order valence-electron chi connectivity index (χ4n) is 3.71. The number of allylic oxidation sites excluding steroid dienone is 1. The minimum Gasteiger partial charge on any atom is -0.381 e. The van der Waals surface area contributed by atoms with Crippen LogP contribution in [0.25, 0.3) is 0 Å². The Balaban J connectivity index is 0.000000184. The van der Waals surface area contributed by atoms with Gasteiger partial charge in [0.25, 0.3) is 0 Å². The fourth-order valence-corrected chi connectivity index (χ4v) is 3.71. The van der Waals surface area contributed by atoms with Gasteiger partial charge in [0, 0.05) is 42.2 Å². The number of nitrogens with one attached hydrogen (secondary N) is 1. The zero-order chi connectivity index (χ0) is 17.3. The minimum absolute atomic E-state index is 0. The summed E-state index contributed by atoms with van der Waals surface area (Å²) in [6.07, 6.45) is 13.3. The van der Waals surface area contributed by atoms with Gasteiger partial charge in [0.1, 0.15) is 19.0 Å². The van der Waals surface area contributed by atoms with Crippen molar-refractivity contribution in [3.8, 4) is 0 Å². The van der Waals surface area contributed by atoms with Crippen molar-refractivity contribution in [3.63, 3.8) is 0 Å². The van der Waals surface area contributed by atoms with E-state index in [4.69, 9.17) is 0 Å². The first-order chi connectivity index (χ1) is 11.5. The predicted octanol–water partition coefficient (Wildman–Crippen LogP) is 4.05. The Bertz CT molecular complexity index is 445. The van der Waals surface area contributed by atoms with Crippen LogP contribution in [0.5, 0.6) is 0 Å². The third-order valence-electron chi connectivity index (χ3n) is 5.83. The van der Waals surface area contributed by atoms with Crippen LogP contribution in [0.1, 0.15) is 47.5 Å². The van der Waals surface area contributed by atoms with Crippen molar-refractivity contribution in [1.29, 1.82) is 0 Å². The van der Waals surface area contributed by atoms with Crippen molar-refractivity contribution in [1.82, 2.24) is 5.32 Å². The van der Waals surface area contributed by atoms with Gasteiger partial charge < -0.3 is 5.32 Å². The second kappa shape index (κ2) is 9.09. The summed E-state index contributed by atoms with van der Waals surface area (Å²) in [4.78, 5) is 0. The molecule has 3 fully saturated rings. The van der Waals surface area contributed by atoms with E-state index in [0.717, 1.165) is 0 Å². The minimum atomic E-state index is 0. The summed E-state index contributed by atoms with van der Waals surface area (Å²) in [5, 5.41) is 3.27. The summed E-state index contributed by atoms with van der Waals surface area (Å²) in [5.41, 5.74) is 1.39. The van der Waals surface area contributed by atoms with Gasteiger partial charge >= 0.3 is 0 Å². The van der Waals surface area contributed by atoms with Gasteiger partial charge in [0.05, 0.1) is 6.04 Å². The van der Waals surface area contributed by atoms with Gasteiger partial charge in [-0.15, -0.1) is 0 Å². The van der Waals surface area contributed by atoms with Crippen molar-refractivity contribution >= 4 is 5.71 Å². The smallest absolute Gasteiger partial charge is 0.187 e. The Kier molecular flexibility index (Phi) is 7.65. The van der Waals surface area contributed by atoms with E-state index in [1.807, 2.05) is 6.20 Å². The molecule has 10 radical (unpaired) electrons. The molecule has 2 heterocycles. The second-order valence-electron chi connectivity index (χ2n) is 7.04. The largest absolute Gasteiger partial charge is 0.381 e. The molecule has 1 N–H and O–H groups in total. The van der Waals surface area contributed by atoms with Gasteiger partial charge in [0.2, 0.25) is 0 Å². The maximum absolute atomic E-state index is 3.27. The number of hydrogen-bond acceptors (Lipinski definition) is 1. The standard InChI is InChI=1S/C12H14N2.C10H15.Fe/c1-2-9-14(8-1)12-6-7-13-11-5-3-4-10(11)12;1-6-7(2)9(4)10(5)8(6)3;/h3-7,13H,1-2,8-9H2;1-5H3;/q+1;;. The average Bonchev–Trinajstić information content (AvgIpc) is 3.32. The molecular formula is C22H29FeN2+. The van der Waals surface area contributed by atoms with Crippen molar-refractivity contribution < 1.29 is 21.6 Å². The van der Waals surface area contributed by atoms with Crippen LogP contribution in [-0.4, -0.2) is 23.4 Å². The van der Waals surface area contributed by atoms with Crippen LogP contribution in [0.15, 0.2) is 12.3 Å². The molecule has 0 spiro atoms. The van der Waals surface area contributed by atoms with E-state index >= 15 is 0 Å². The van der Waals surface area contributed by atoms with Crippen LogP contribution in [-0.2, 0) is 17.1 Å². The quantitative estimate of drug-likeness (QED) is 0.497. The molecule has 0 aromatic heterocycles. The maximum atomic E-state index is 3.27. The van der Waals surface area contributed by atoms with E-state index in [0.29, 0.717) is 0 Å². The summed E-state index contributed by atoms with van der Waals surface area (Å²) in [7, 11) is 0. The van der Waals surface area contributed by atoms with E-state index < -0.39 is 0 Å². The van der Waals surface area contributed by atoms with Crippen LogP contribution in [0, 0.1) is 60.8 Å². The van der Waals surface area contributed by atoms with E-state index in [-0.39, 0.29) is 17.1 Å². The van der Waals surface area contributed by atoms with Gasteiger partial charge in [-0.3, -0.25) is 0 Å². The third kappa shape index (κ3) is 4.35. The molecule has 1 saturated heterocycles. The van der Waals surface area contributed by atoms with Gasteiger partial charge in [-0.1, -0.05) is 34.6 Å². The predicted molar refractivity (Wildman–Crippen MR) is 100 cm³/mol. The van der Waals surface area contributed by atoms with Gasteiger partial charge in [-0.05, 0) is 48.9 Å². The number of hydrogen-bond donors (Lipinski definition) is 1. The summed E-state index contributed by atoms with van der Waals surface area (Å²) in [5.74, 6) is 8.69. The molecule has 2 saturated carbocycles. The third-order valence-corrected chi connectivity index (χ3v) is 5.83. The normalized spacial score (nSPS) is 27.2. The molecule has 3 heteroatoms. The van der Waals surface area contributed by atoms with Crippen molar-refractivity contribution in [2.75, 3.05) is 13.1 Å². The first-order valence-corrected chi connectivity index (χ1v) is 9.01. The van der Waals surface area contributed by atoms with Crippen molar-refractivity contribution in [3.05, 3.63) is 73.1 Å². The Morgan fingerprint density at radius 3 is 1.84 bits per heavy atom. The van der Waals surface area contributed by atoms with Gasteiger partial charge in [-0.2, -0.15) is 0 Å². The molecule has 0 atom stereocenters. The van der Waals surface area contributed by atoms with Crippen LogP contribution in [0.2, 0.25) is 0 Å². The van der Waals surface area contributed by atoms with Crippen LogP contribution in [0.3, 0.4) is 0 Å². The van der Waals surface area contributed by atoms with Crippen LogP contribution in [0.4, 0.5) is 0 Å². The van der Waals surface area contributed by atoms with E-state index in [1.165, 1.54) is 73.2 Å². The monoisotopic (exact) mass is 377 g/mol. The molecule has 134 valence electrons. The Labute approximate surface area is 166 Å². The summed E-state index contributed by atoms with van der Waals surface area (Å²) < 4.78 is 2.48. The van der Waals surface area contributed by atoms with Crippen LogP contribution < -0.4 is 5.32 Å². The molecule has 0 amide bonds. The molecule has 2 aliphatic heterocycles. The van der Waals surface area contributed by atoms with E-state index in [1.54, 1.807) is 0 Å². The topological polar surface area (TPSA) is 15.0 Å². The molecular weight excluding hydrogens is 348 g/mol. The average molecular weight is 377 g/mol. The van der Waals surface area contributed by atoms with Crippen molar-refractivity contribution in [2.45, 2.75) is 47.5 Å². The number of fused-ring (bicyclic) bond motifs is 1. The zero-order valence-electron chi connectivity index (χ0n) is 16.0. The molecule has 25 heavy (non-hydrogen) atoms. The number of nitrogens with zero attached hydrogens (tertiary/aromatic N) is 1. The molecule has 0 aromatic carbocycles. The van der Waals surface area contributed by atoms with Gasteiger partial charge in [0.15, 0.2) is 5.71 Å². The first kappa shape index (κ1) is 21.0. The van der Waals surface area contributed by atoms with Crippen LogP contribution >= 0.6 is 0 Å². The summed E-state index contributed by atoms with van der Waals surface area (Å²) in [6.45, 7) is 13.4. The Morgan fingerprint density at radius 1 is 0.800 bits per heavy atom. The first-order valence-electron chi connectivity index (χ1n) is 9.01. The SMILES string of the molecule is C[C]1[C](C)[C](C)[C](C)[C]1C.[CH]1[CH][C]2NC=CC(=[N+]3CCCC3)[C]2[CH]1.[Fe]. The molecule has 4 aliphatic rings. The molecule has 2 nitrogen and oxygen atoms in total. The Morgan fingerprint density at radius 2 is 1.32 bits per heavy atom. The summed E-state index contributed by atoms with van der Waals surface area (Å²) in [6, 6.07) is 1.24. The van der Waals surface area contributed by atoms with E-state index in [2.05, 4.69) is 69.8 Å². The number of rotatable bonds is 0. The molecule has 0 bridgehead atoms. The second-order valence-corrected chi connectivity index (χ2v) is 7.04. The molecule has 0 aromatic rings. The zero-order valence-corrected chi connectivity index (χ0v) is 17.1. The van der Waals surface area contributed by atoms with Crippen molar-refractivity contribution in [2.24, 2.45) is 0 Å². The maximum Gasteiger partial charge on any atom is 0.187 e. The molecule has 4 rings (SSSR count). The fraction of sp³-hybridized carbons (Fsp3) is 0.409. The molecule has 2 aliphatic carbocycles. The molecule has 0 unspecified atom stereocenters. The Hall–Kier alpha value is -0.271. The summed E-state index contributed by atoms with van der Waals surface area (Å²) >= 11 is 0. The van der Waals surface area contributed by atoms with E-state index in [9.17, 15) is 0 Å². The van der Waals surface area contributed by atoms with Gasteiger partial charge in [-0.25, -0.2) is 4.58 Å².